The van der Waals surface area contributed by atoms with E-state index in [0.717, 1.165) is 0 Å². The first kappa shape index (κ1) is 21.9. The van der Waals surface area contributed by atoms with Crippen molar-refractivity contribution in [2.45, 2.75) is 46.0 Å². The van der Waals surface area contributed by atoms with Crippen LogP contribution in [0.4, 0.5) is 0 Å². The van der Waals surface area contributed by atoms with Crippen molar-refractivity contribution in [2.24, 2.45) is 0 Å². The van der Waals surface area contributed by atoms with E-state index in [1.807, 2.05) is 27.7 Å². The van der Waals surface area contributed by atoms with Crippen LogP contribution >= 0.6 is 11.6 Å². The molecule has 2 heterocycles. The predicted octanol–water partition coefficient (Wildman–Crippen LogP) is 1.69. The van der Waals surface area contributed by atoms with E-state index in [1.165, 1.54) is 16.6 Å². The fraction of sp³-hybridized carbons (Fsp3) is 0.647. The maximum absolute atomic E-state index is 12.5. The zero-order chi connectivity index (χ0) is 20.2. The number of pyridine rings is 1. The van der Waals surface area contributed by atoms with Gasteiger partial charge in [0.25, 0.3) is 5.91 Å². The molecule has 152 valence electrons. The second-order valence-electron chi connectivity index (χ2n) is 6.82. The molecule has 0 radical (unpaired) electrons. The number of rotatable bonds is 7. The molecule has 1 amide bonds. The van der Waals surface area contributed by atoms with Crippen LogP contribution in [0.2, 0.25) is 5.02 Å². The minimum atomic E-state index is -3.48. The maximum Gasteiger partial charge on any atom is 0.252 e. The summed E-state index contributed by atoms with van der Waals surface area (Å²) in [6.45, 7) is 7.98. The molecular weight excluding hydrogens is 394 g/mol. The molecule has 0 aromatic carbocycles. The number of nitrogens with zero attached hydrogens (tertiary/aromatic N) is 2. The highest BCUT2D eigenvalue weighted by molar-refractivity contribution is 7.89. The van der Waals surface area contributed by atoms with Crippen LogP contribution in [0.25, 0.3) is 0 Å². The number of carbonyl (C=O) groups excluding carboxylic acids is 1. The number of halogens is 1. The summed E-state index contributed by atoms with van der Waals surface area (Å²) < 4.78 is 37.3. The van der Waals surface area contributed by atoms with Gasteiger partial charge in [0, 0.05) is 25.8 Å². The van der Waals surface area contributed by atoms with Gasteiger partial charge in [0.1, 0.15) is 5.02 Å². The number of carbonyl (C=O) groups is 1. The molecule has 0 spiro atoms. The van der Waals surface area contributed by atoms with Gasteiger partial charge in [-0.05, 0) is 33.8 Å². The molecule has 0 bridgehead atoms. The quantitative estimate of drug-likeness (QED) is 0.722. The summed E-state index contributed by atoms with van der Waals surface area (Å²) in [5.74, 6) is -0.380. The molecule has 27 heavy (non-hydrogen) atoms. The van der Waals surface area contributed by atoms with E-state index in [-0.39, 0.29) is 47.1 Å². The summed E-state index contributed by atoms with van der Waals surface area (Å²) in [4.78, 5) is 16.2. The van der Waals surface area contributed by atoms with E-state index in [1.54, 1.807) is 0 Å². The third kappa shape index (κ3) is 6.31. The molecule has 2 rings (SSSR count). The van der Waals surface area contributed by atoms with Gasteiger partial charge in [-0.15, -0.1) is 0 Å². The Bertz CT molecular complexity index is 762. The average Bonchev–Trinajstić information content (AvgIpc) is 2.55. The smallest absolute Gasteiger partial charge is 0.252 e. The number of morpholine rings is 1. The van der Waals surface area contributed by atoms with Gasteiger partial charge in [0.15, 0.2) is 0 Å². The van der Waals surface area contributed by atoms with E-state index in [2.05, 4.69) is 10.3 Å². The first-order valence-corrected chi connectivity index (χ1v) is 10.8. The van der Waals surface area contributed by atoms with Crippen molar-refractivity contribution in [3.8, 4) is 5.88 Å². The fourth-order valence-corrected chi connectivity index (χ4v) is 4.45. The van der Waals surface area contributed by atoms with Crippen molar-refractivity contribution in [2.75, 3.05) is 25.4 Å². The minimum absolute atomic E-state index is 0.0108. The van der Waals surface area contributed by atoms with Crippen molar-refractivity contribution in [1.29, 1.82) is 0 Å². The van der Waals surface area contributed by atoms with Crippen LogP contribution in [0.1, 0.15) is 38.1 Å². The van der Waals surface area contributed by atoms with Gasteiger partial charge >= 0.3 is 0 Å². The number of ether oxygens (including phenoxy) is 2. The summed E-state index contributed by atoms with van der Waals surface area (Å²) in [6.07, 6.45) is 0.944. The summed E-state index contributed by atoms with van der Waals surface area (Å²) in [5.41, 5.74) is 0.238. The Balaban J connectivity index is 1.91. The molecule has 2 unspecified atom stereocenters. The van der Waals surface area contributed by atoms with Crippen molar-refractivity contribution in [1.82, 2.24) is 14.6 Å². The van der Waals surface area contributed by atoms with Gasteiger partial charge in [0.2, 0.25) is 15.9 Å². The number of amides is 1. The van der Waals surface area contributed by atoms with Gasteiger partial charge in [-0.3, -0.25) is 4.79 Å². The summed E-state index contributed by atoms with van der Waals surface area (Å²) in [7, 11) is -3.48. The Morgan fingerprint density at radius 2 is 2.04 bits per heavy atom. The van der Waals surface area contributed by atoms with Crippen LogP contribution in [0.3, 0.4) is 0 Å². The second-order valence-corrected chi connectivity index (χ2v) is 9.32. The molecular formula is C17H26ClN3O5S. The molecule has 0 saturated carbocycles. The van der Waals surface area contributed by atoms with E-state index in [0.29, 0.717) is 13.1 Å². The highest BCUT2D eigenvalue weighted by Gasteiger charge is 2.30. The molecule has 1 aromatic heterocycles. The van der Waals surface area contributed by atoms with Crippen LogP contribution < -0.4 is 10.1 Å². The van der Waals surface area contributed by atoms with Gasteiger partial charge < -0.3 is 14.8 Å². The lowest BCUT2D eigenvalue weighted by Gasteiger charge is -2.34. The highest BCUT2D eigenvalue weighted by Crippen LogP contribution is 2.23. The fourth-order valence-electron chi connectivity index (χ4n) is 2.74. The van der Waals surface area contributed by atoms with Gasteiger partial charge in [-0.1, -0.05) is 11.6 Å². The maximum atomic E-state index is 12.5. The molecule has 1 aliphatic heterocycles. The van der Waals surface area contributed by atoms with Crippen LogP contribution in [0.15, 0.2) is 12.3 Å². The van der Waals surface area contributed by atoms with Crippen LogP contribution in [-0.2, 0) is 14.8 Å². The number of nitrogens with one attached hydrogen (secondary N) is 1. The Morgan fingerprint density at radius 3 is 2.59 bits per heavy atom. The Kier molecular flexibility index (Phi) is 7.44. The number of aromatic nitrogens is 1. The summed E-state index contributed by atoms with van der Waals surface area (Å²) >= 11 is 6.07. The molecule has 1 aromatic rings. The molecule has 1 N–H and O–H groups in total. The first-order chi connectivity index (χ1) is 12.6. The van der Waals surface area contributed by atoms with Crippen LogP contribution in [-0.4, -0.2) is 67.3 Å². The zero-order valence-corrected chi connectivity index (χ0v) is 17.5. The van der Waals surface area contributed by atoms with E-state index in [4.69, 9.17) is 21.1 Å². The molecule has 8 nitrogen and oxygen atoms in total. The molecule has 1 fully saturated rings. The number of hydrogen-bond acceptors (Lipinski definition) is 6. The van der Waals surface area contributed by atoms with Crippen molar-refractivity contribution in [3.05, 3.63) is 22.8 Å². The summed E-state index contributed by atoms with van der Waals surface area (Å²) in [5, 5.41) is 2.81. The summed E-state index contributed by atoms with van der Waals surface area (Å²) in [6, 6.07) is 1.45. The second kappa shape index (κ2) is 9.18. The first-order valence-electron chi connectivity index (χ1n) is 8.82. The SMILES string of the molecule is CC(C)Oc1ncc(C(=O)NCCS(=O)(=O)N2CC(C)OC(C)C2)cc1Cl. The number of sulfonamides is 1. The van der Waals surface area contributed by atoms with Gasteiger partial charge in [-0.2, -0.15) is 4.31 Å². The van der Waals surface area contributed by atoms with Gasteiger partial charge in [0.05, 0.1) is 29.6 Å². The zero-order valence-electron chi connectivity index (χ0n) is 15.9. The van der Waals surface area contributed by atoms with Crippen molar-refractivity contribution >= 4 is 27.5 Å². The van der Waals surface area contributed by atoms with E-state index >= 15 is 0 Å². The molecule has 0 aliphatic carbocycles. The molecule has 2 atom stereocenters. The predicted molar refractivity (Wildman–Crippen MR) is 103 cm³/mol. The normalized spacial score (nSPS) is 21.3. The van der Waals surface area contributed by atoms with E-state index in [9.17, 15) is 13.2 Å². The lowest BCUT2D eigenvalue weighted by Crippen LogP contribution is -2.49. The van der Waals surface area contributed by atoms with Crippen molar-refractivity contribution < 1.29 is 22.7 Å². The standard InChI is InChI=1S/C17H26ClN3O5S/c1-11(2)25-17-15(18)7-14(8-20-17)16(22)19-5-6-27(23,24)21-9-12(3)26-13(4)10-21/h7-8,11-13H,5-6,9-10H2,1-4H3,(H,19,22). The van der Waals surface area contributed by atoms with Crippen molar-refractivity contribution in [3.63, 3.8) is 0 Å². The Hall–Kier alpha value is -1.42. The lowest BCUT2D eigenvalue weighted by atomic mass is 10.2. The third-order valence-electron chi connectivity index (χ3n) is 3.84. The minimum Gasteiger partial charge on any atom is -0.474 e. The molecule has 10 heteroatoms. The molecule has 1 saturated heterocycles. The van der Waals surface area contributed by atoms with Gasteiger partial charge in [-0.25, -0.2) is 13.4 Å². The largest absolute Gasteiger partial charge is 0.474 e. The molecule has 1 aliphatic rings. The lowest BCUT2D eigenvalue weighted by molar-refractivity contribution is -0.0440. The highest BCUT2D eigenvalue weighted by atomic mass is 35.5. The van der Waals surface area contributed by atoms with Crippen LogP contribution in [0, 0.1) is 0 Å². The van der Waals surface area contributed by atoms with E-state index < -0.39 is 15.9 Å². The number of hydrogen-bond donors (Lipinski definition) is 1. The topological polar surface area (TPSA) is 97.8 Å². The Morgan fingerprint density at radius 1 is 1.41 bits per heavy atom. The average molecular weight is 420 g/mol. The van der Waals surface area contributed by atoms with Crippen LogP contribution in [0.5, 0.6) is 5.88 Å². The monoisotopic (exact) mass is 419 g/mol. The Labute approximate surface area is 165 Å². The third-order valence-corrected chi connectivity index (χ3v) is 5.92.